The van der Waals surface area contributed by atoms with Crippen molar-refractivity contribution >= 4 is 0 Å². The molecule has 0 heteroatoms. The van der Waals surface area contributed by atoms with Gasteiger partial charge in [-0.1, -0.05) is 63.3 Å². The Kier molecular flexibility index (Phi) is 3.82. The maximum atomic E-state index is 2.40. The Bertz CT molecular complexity index is 295. The van der Waals surface area contributed by atoms with Gasteiger partial charge in [0.15, 0.2) is 0 Å². The van der Waals surface area contributed by atoms with E-state index in [0.717, 1.165) is 5.92 Å². The molecule has 1 aromatic rings. The molecule has 0 unspecified atom stereocenters. The van der Waals surface area contributed by atoms with Crippen LogP contribution in [0.1, 0.15) is 50.2 Å². The highest BCUT2D eigenvalue weighted by atomic mass is 14.2. The normalized spacial score (nSPS) is 17.9. The van der Waals surface area contributed by atoms with Crippen LogP contribution in [-0.2, 0) is 12.8 Å². The summed E-state index contributed by atoms with van der Waals surface area (Å²) in [6.07, 6.45) is 9.76. The topological polar surface area (TPSA) is 0 Å². The van der Waals surface area contributed by atoms with Crippen molar-refractivity contribution in [2.75, 3.05) is 0 Å². The van der Waals surface area contributed by atoms with Crippen molar-refractivity contribution in [2.24, 2.45) is 5.92 Å². The highest BCUT2D eigenvalue weighted by molar-refractivity contribution is 5.23. The van der Waals surface area contributed by atoms with E-state index in [4.69, 9.17) is 0 Å². The molecule has 0 heterocycles. The average Bonchev–Trinajstić information content (AvgIpc) is 2.31. The van der Waals surface area contributed by atoms with E-state index in [2.05, 4.69) is 31.2 Å². The molecule has 2 rings (SSSR count). The summed E-state index contributed by atoms with van der Waals surface area (Å²) in [6.45, 7) is 2.24. The average molecular weight is 202 g/mol. The predicted octanol–water partition coefficient (Wildman–Crippen LogP) is 4.37. The van der Waals surface area contributed by atoms with Crippen molar-refractivity contribution in [3.63, 3.8) is 0 Å². The van der Waals surface area contributed by atoms with E-state index < -0.39 is 0 Å². The molecule has 1 fully saturated rings. The van der Waals surface area contributed by atoms with E-state index in [9.17, 15) is 0 Å². The van der Waals surface area contributed by atoms with Gasteiger partial charge < -0.3 is 0 Å². The molecule has 0 amide bonds. The monoisotopic (exact) mass is 202 g/mol. The molecule has 0 bridgehead atoms. The lowest BCUT2D eigenvalue weighted by atomic mass is 9.84. The molecule has 1 aliphatic carbocycles. The molecule has 0 atom stereocenters. The van der Waals surface area contributed by atoms with E-state index >= 15 is 0 Å². The van der Waals surface area contributed by atoms with Crippen LogP contribution in [0.3, 0.4) is 0 Å². The van der Waals surface area contributed by atoms with Crippen molar-refractivity contribution in [1.29, 1.82) is 0 Å². The highest BCUT2D eigenvalue weighted by Crippen LogP contribution is 2.26. The van der Waals surface area contributed by atoms with E-state index in [1.165, 1.54) is 50.5 Å². The summed E-state index contributed by atoms with van der Waals surface area (Å²) < 4.78 is 0. The summed E-state index contributed by atoms with van der Waals surface area (Å²) in [7, 11) is 0. The molecule has 0 aliphatic heterocycles. The SMILES string of the molecule is CCc1cccc(CC2CCCCC2)c1. The fourth-order valence-electron chi connectivity index (χ4n) is 2.70. The number of aryl methyl sites for hydroxylation is 1. The van der Waals surface area contributed by atoms with Gasteiger partial charge in [-0.25, -0.2) is 0 Å². The number of hydrogen-bond donors (Lipinski definition) is 0. The van der Waals surface area contributed by atoms with Gasteiger partial charge in [0.05, 0.1) is 0 Å². The lowest BCUT2D eigenvalue weighted by molar-refractivity contribution is 0.356. The molecule has 1 aromatic carbocycles. The maximum Gasteiger partial charge on any atom is -0.0250 e. The van der Waals surface area contributed by atoms with Crippen LogP contribution < -0.4 is 0 Å². The first-order chi connectivity index (χ1) is 7.38. The van der Waals surface area contributed by atoms with Crippen LogP contribution in [0, 0.1) is 5.92 Å². The molecule has 82 valence electrons. The zero-order valence-corrected chi connectivity index (χ0v) is 9.84. The first-order valence-corrected chi connectivity index (χ1v) is 6.46. The first-order valence-electron chi connectivity index (χ1n) is 6.46. The fraction of sp³-hybridized carbons (Fsp3) is 0.600. The van der Waals surface area contributed by atoms with Crippen molar-refractivity contribution < 1.29 is 0 Å². The Morgan fingerprint density at radius 3 is 2.53 bits per heavy atom. The number of rotatable bonds is 3. The Morgan fingerprint density at radius 2 is 1.80 bits per heavy atom. The van der Waals surface area contributed by atoms with E-state index in [-0.39, 0.29) is 0 Å². The number of hydrogen-bond acceptors (Lipinski definition) is 0. The van der Waals surface area contributed by atoms with Crippen LogP contribution in [-0.4, -0.2) is 0 Å². The number of benzene rings is 1. The molecule has 0 aromatic heterocycles. The summed E-state index contributed by atoms with van der Waals surface area (Å²) in [5.74, 6) is 0.964. The van der Waals surface area contributed by atoms with Crippen molar-refractivity contribution in [2.45, 2.75) is 51.9 Å². The zero-order chi connectivity index (χ0) is 10.5. The van der Waals surface area contributed by atoms with Crippen molar-refractivity contribution in [3.05, 3.63) is 35.4 Å². The highest BCUT2D eigenvalue weighted by Gasteiger charge is 2.13. The zero-order valence-electron chi connectivity index (χ0n) is 9.84. The third kappa shape index (κ3) is 3.09. The molecule has 0 radical (unpaired) electrons. The fourth-order valence-corrected chi connectivity index (χ4v) is 2.70. The van der Waals surface area contributed by atoms with Gasteiger partial charge in [-0.05, 0) is 29.9 Å². The minimum Gasteiger partial charge on any atom is -0.0617 e. The molecule has 0 nitrogen and oxygen atoms in total. The van der Waals surface area contributed by atoms with Crippen LogP contribution >= 0.6 is 0 Å². The molecule has 15 heavy (non-hydrogen) atoms. The minimum atomic E-state index is 0.964. The van der Waals surface area contributed by atoms with Crippen LogP contribution in [0.25, 0.3) is 0 Å². The summed E-state index contributed by atoms with van der Waals surface area (Å²) >= 11 is 0. The van der Waals surface area contributed by atoms with Crippen LogP contribution in [0.2, 0.25) is 0 Å². The lowest BCUT2D eigenvalue weighted by Gasteiger charge is -2.21. The van der Waals surface area contributed by atoms with Gasteiger partial charge in [0.25, 0.3) is 0 Å². The van der Waals surface area contributed by atoms with Gasteiger partial charge in [-0.3, -0.25) is 0 Å². The molecule has 1 aliphatic rings. The molecule has 1 saturated carbocycles. The first kappa shape index (κ1) is 10.7. The summed E-state index contributed by atoms with van der Waals surface area (Å²) in [6, 6.07) is 9.16. The van der Waals surface area contributed by atoms with E-state index in [1.807, 2.05) is 0 Å². The van der Waals surface area contributed by atoms with Crippen molar-refractivity contribution in [1.82, 2.24) is 0 Å². The second-order valence-electron chi connectivity index (χ2n) is 4.88. The smallest absolute Gasteiger partial charge is 0.0250 e. The third-order valence-electron chi connectivity index (χ3n) is 3.65. The molecule has 0 N–H and O–H groups in total. The van der Waals surface area contributed by atoms with Gasteiger partial charge >= 0.3 is 0 Å². The van der Waals surface area contributed by atoms with E-state index in [0.29, 0.717) is 0 Å². The quantitative estimate of drug-likeness (QED) is 0.682. The van der Waals surface area contributed by atoms with Crippen LogP contribution in [0.5, 0.6) is 0 Å². The summed E-state index contributed by atoms with van der Waals surface area (Å²) in [5.41, 5.74) is 3.05. The van der Waals surface area contributed by atoms with Crippen molar-refractivity contribution in [3.8, 4) is 0 Å². The second kappa shape index (κ2) is 5.34. The Morgan fingerprint density at radius 1 is 1.07 bits per heavy atom. The summed E-state index contributed by atoms with van der Waals surface area (Å²) in [5, 5.41) is 0. The van der Waals surface area contributed by atoms with Gasteiger partial charge in [-0.15, -0.1) is 0 Å². The predicted molar refractivity (Wildman–Crippen MR) is 66.1 cm³/mol. The second-order valence-corrected chi connectivity index (χ2v) is 4.88. The van der Waals surface area contributed by atoms with Gasteiger partial charge in [0.1, 0.15) is 0 Å². The van der Waals surface area contributed by atoms with Gasteiger partial charge in [0.2, 0.25) is 0 Å². The Hall–Kier alpha value is -0.780. The molecular formula is C15H22. The van der Waals surface area contributed by atoms with Gasteiger partial charge in [-0.2, -0.15) is 0 Å². The summed E-state index contributed by atoms with van der Waals surface area (Å²) in [4.78, 5) is 0. The molecular weight excluding hydrogens is 180 g/mol. The third-order valence-corrected chi connectivity index (χ3v) is 3.65. The largest absolute Gasteiger partial charge is 0.0617 e. The molecule has 0 saturated heterocycles. The van der Waals surface area contributed by atoms with E-state index in [1.54, 1.807) is 5.56 Å². The lowest BCUT2D eigenvalue weighted by Crippen LogP contribution is -2.09. The maximum absolute atomic E-state index is 2.40. The minimum absolute atomic E-state index is 0.964. The van der Waals surface area contributed by atoms with Gasteiger partial charge in [0, 0.05) is 0 Å². The Labute approximate surface area is 93.7 Å². The standard InChI is InChI=1S/C15H22/c1-2-13-9-6-10-15(11-13)12-14-7-4-3-5-8-14/h6,9-11,14H,2-5,7-8,12H2,1H3. The molecule has 0 spiro atoms. The van der Waals surface area contributed by atoms with Crippen LogP contribution in [0.15, 0.2) is 24.3 Å². The van der Waals surface area contributed by atoms with Crippen LogP contribution in [0.4, 0.5) is 0 Å². The Balaban J connectivity index is 1.96.